The molecule has 52 heavy (non-hydrogen) atoms. The Labute approximate surface area is 308 Å². The monoisotopic (exact) mass is 753 g/mol. The van der Waals surface area contributed by atoms with Crippen molar-refractivity contribution in [3.05, 3.63) is 0 Å². The van der Waals surface area contributed by atoms with E-state index in [1.165, 1.54) is 0 Å². The Morgan fingerprint density at radius 1 is 0.519 bits per heavy atom. The highest BCUT2D eigenvalue weighted by atomic mass is 16.6. The predicted octanol–water partition coefficient (Wildman–Crippen LogP) is -3.93. The number of rotatable bonds is 21. The van der Waals surface area contributed by atoms with E-state index in [4.69, 9.17) is 42.6 Å². The molecule has 0 aromatic heterocycles. The van der Waals surface area contributed by atoms with Crippen LogP contribution in [0.2, 0.25) is 0 Å². The van der Waals surface area contributed by atoms with Crippen LogP contribution in [0.3, 0.4) is 0 Å². The van der Waals surface area contributed by atoms with Gasteiger partial charge in [0.1, 0.15) is 19.8 Å². The summed E-state index contributed by atoms with van der Waals surface area (Å²) >= 11 is 0. The highest BCUT2D eigenvalue weighted by molar-refractivity contribution is 5.76. The van der Waals surface area contributed by atoms with Crippen LogP contribution in [0.4, 0.5) is 19.2 Å². The van der Waals surface area contributed by atoms with Gasteiger partial charge < -0.3 is 88.2 Å². The van der Waals surface area contributed by atoms with Crippen molar-refractivity contribution in [1.29, 1.82) is 0 Å². The van der Waals surface area contributed by atoms with E-state index in [1.54, 1.807) is 19.6 Å². The molecule has 0 atom stereocenters. The van der Waals surface area contributed by atoms with Crippen LogP contribution in [0.15, 0.2) is 0 Å². The maximum atomic E-state index is 11.1. The Morgan fingerprint density at radius 3 is 1.44 bits per heavy atom. The number of unbranched alkanes of at least 4 members (excludes halogenated alkanes) is 2. The number of nitrogens with zero attached hydrogens (tertiary/aromatic N) is 4. The third-order valence-electron chi connectivity index (χ3n) is 7.35. The number of carbonyl (C=O) groups is 4. The van der Waals surface area contributed by atoms with Crippen LogP contribution < -0.4 is 44.2 Å². The molecule has 0 aromatic carbocycles. The van der Waals surface area contributed by atoms with Gasteiger partial charge in [0.25, 0.3) is 0 Å². The first kappa shape index (κ1) is 48.7. The highest BCUT2D eigenvalue weighted by Crippen LogP contribution is 2.04. The Balaban J connectivity index is 0.000000638. The van der Waals surface area contributed by atoms with Crippen molar-refractivity contribution in [3.63, 3.8) is 0 Å². The van der Waals surface area contributed by atoms with Crippen LogP contribution >= 0.6 is 0 Å². The number of carbonyl (C=O) groups excluding carboxylic acids is 4. The molecule has 4 fully saturated rings. The van der Waals surface area contributed by atoms with E-state index < -0.39 is 0 Å². The number of nitrogens with one attached hydrogen (secondary N) is 4. The molecule has 4 rings (SSSR count). The van der Waals surface area contributed by atoms with Gasteiger partial charge in [-0.3, -0.25) is 0 Å². The lowest BCUT2D eigenvalue weighted by Crippen LogP contribution is -2.37. The molecule has 14 N–H and O–H groups in total. The predicted molar refractivity (Wildman–Crippen MR) is 197 cm³/mol. The van der Waals surface area contributed by atoms with Crippen molar-refractivity contribution >= 4 is 24.3 Å². The van der Waals surface area contributed by atoms with E-state index in [1.807, 2.05) is 0 Å². The summed E-state index contributed by atoms with van der Waals surface area (Å²) in [4.78, 5) is 50.3. The number of amides is 5. The summed E-state index contributed by atoms with van der Waals surface area (Å²) < 4.78 is 14.2. The van der Waals surface area contributed by atoms with Gasteiger partial charge in [-0.05, 0) is 25.8 Å². The molecule has 0 saturated carbocycles. The fourth-order valence-corrected chi connectivity index (χ4v) is 4.49. The van der Waals surface area contributed by atoms with Gasteiger partial charge in [-0.25, -0.2) is 19.2 Å². The lowest BCUT2D eigenvalue weighted by Gasteiger charge is -2.18. The molecule has 4 aliphatic rings. The van der Waals surface area contributed by atoms with E-state index >= 15 is 0 Å². The number of hydrogen-bond donors (Lipinski definition) is 10. The quantitative estimate of drug-likeness (QED) is 0.0396. The fourth-order valence-electron chi connectivity index (χ4n) is 4.49. The van der Waals surface area contributed by atoms with Gasteiger partial charge >= 0.3 is 24.3 Å². The summed E-state index contributed by atoms with van der Waals surface area (Å²) in [5.41, 5.74) is 20.9. The first-order chi connectivity index (χ1) is 25.3. The van der Waals surface area contributed by atoms with Gasteiger partial charge in [0.15, 0.2) is 0 Å². The first-order valence-electron chi connectivity index (χ1n) is 18.2. The van der Waals surface area contributed by atoms with Crippen LogP contribution in [0.1, 0.15) is 19.3 Å². The van der Waals surface area contributed by atoms with Gasteiger partial charge in [0.05, 0.1) is 26.2 Å². The molecule has 0 spiro atoms. The molecule has 4 aliphatic heterocycles. The number of nitrogens with two attached hydrogens (primary N) is 4. The zero-order valence-corrected chi connectivity index (χ0v) is 30.9. The molecule has 21 heteroatoms. The van der Waals surface area contributed by atoms with Crippen LogP contribution in [-0.4, -0.2) is 212 Å². The van der Waals surface area contributed by atoms with Gasteiger partial charge in [-0.1, -0.05) is 0 Å². The van der Waals surface area contributed by atoms with Crippen LogP contribution in [0.25, 0.3) is 0 Å². The molecule has 0 radical (unpaired) electrons. The number of aliphatic hydroxyl groups is 2. The lowest BCUT2D eigenvalue weighted by atomic mass is 10.2. The lowest BCUT2D eigenvalue weighted by molar-refractivity contribution is 0.155. The summed E-state index contributed by atoms with van der Waals surface area (Å²) in [7, 11) is 0. The molecule has 4 saturated heterocycles. The van der Waals surface area contributed by atoms with Crippen LogP contribution in [0.5, 0.6) is 0 Å². The van der Waals surface area contributed by atoms with Crippen molar-refractivity contribution < 1.29 is 43.6 Å². The number of hydrogen-bond acceptors (Lipinski definition) is 16. The van der Waals surface area contributed by atoms with Gasteiger partial charge in [-0.2, -0.15) is 0 Å². The average molecular weight is 753 g/mol. The van der Waals surface area contributed by atoms with Crippen LogP contribution in [0, 0.1) is 0 Å². The minimum atomic E-state index is -0.274. The molecule has 306 valence electrons. The highest BCUT2D eigenvalue weighted by Gasteiger charge is 2.25. The summed E-state index contributed by atoms with van der Waals surface area (Å²) in [6, 6.07) is -0.0439. The molecular weight excluding hydrogens is 684 g/mol. The third kappa shape index (κ3) is 25.6. The van der Waals surface area contributed by atoms with E-state index in [0.717, 1.165) is 65.1 Å². The number of aliphatic hydroxyl groups excluding tert-OH is 2. The van der Waals surface area contributed by atoms with Crippen molar-refractivity contribution in [1.82, 2.24) is 40.9 Å². The van der Waals surface area contributed by atoms with E-state index in [2.05, 4.69) is 26.0 Å². The maximum absolute atomic E-state index is 11.1. The third-order valence-corrected chi connectivity index (χ3v) is 7.35. The summed E-state index contributed by atoms with van der Waals surface area (Å²) in [6.45, 7) is 15.4. The Morgan fingerprint density at radius 2 is 1.02 bits per heavy atom. The molecule has 0 aromatic rings. The second kappa shape index (κ2) is 34.8. The number of urea groups is 1. The van der Waals surface area contributed by atoms with Crippen molar-refractivity contribution in [3.8, 4) is 0 Å². The standard InChI is InChI=1S/C8H13N3O3.C7H15N3O2.C6H17N3O.C5H10N2O2.C5H13NO/c12-7-9-1-2-10(7)3-4-11-5-6-14-8(11)13;8-1-2-9-3-4-10-5-6-12-7(10)11;7-1-2-8-3-4-9-5-6-10;6-1-2-7-3-4-9-5(7)8;6-4-2-1-3-5-7/h1-6H2,(H,9,12);9H,1-6,8H2;8-10H,1-7H2;1-4,6H2;7H,1-6H2. The molecule has 0 unspecified atom stereocenters. The average Bonchev–Trinajstić information content (AvgIpc) is 3.96. The largest absolute Gasteiger partial charge is 0.448 e. The molecule has 4 heterocycles. The van der Waals surface area contributed by atoms with E-state index in [9.17, 15) is 19.2 Å². The summed E-state index contributed by atoms with van der Waals surface area (Å²) in [6.07, 6.45) is 2.29. The zero-order valence-electron chi connectivity index (χ0n) is 30.9. The van der Waals surface area contributed by atoms with E-state index in [0.29, 0.717) is 105 Å². The Kier molecular flexibility index (Phi) is 32.6. The molecular formula is C31H68N12O9. The number of cyclic esters (lactones) is 3. The second-order valence-electron chi connectivity index (χ2n) is 11.4. The fraction of sp³-hybridized carbons (Fsp3) is 0.871. The normalized spacial score (nSPS) is 16.0. The van der Waals surface area contributed by atoms with Crippen molar-refractivity contribution in [2.75, 3.05) is 157 Å². The second-order valence-corrected chi connectivity index (χ2v) is 11.4. The minimum Gasteiger partial charge on any atom is -0.448 e. The molecule has 0 aliphatic carbocycles. The van der Waals surface area contributed by atoms with Crippen molar-refractivity contribution in [2.24, 2.45) is 22.9 Å². The maximum Gasteiger partial charge on any atom is 0.409 e. The molecule has 5 amide bonds. The minimum absolute atomic E-state index is 0.0439. The van der Waals surface area contributed by atoms with Gasteiger partial charge in [-0.15, -0.1) is 0 Å². The van der Waals surface area contributed by atoms with E-state index in [-0.39, 0.29) is 30.9 Å². The van der Waals surface area contributed by atoms with Gasteiger partial charge in [0.2, 0.25) is 0 Å². The summed E-state index contributed by atoms with van der Waals surface area (Å²) in [5, 5.41) is 28.6. The summed E-state index contributed by atoms with van der Waals surface area (Å²) in [5.74, 6) is 0. The smallest absolute Gasteiger partial charge is 0.409 e. The van der Waals surface area contributed by atoms with Gasteiger partial charge in [0, 0.05) is 105 Å². The Hall–Kier alpha value is -3.28. The van der Waals surface area contributed by atoms with Crippen molar-refractivity contribution in [2.45, 2.75) is 19.3 Å². The molecule has 0 bridgehead atoms. The Bertz CT molecular complexity index is 875. The zero-order chi connectivity index (χ0) is 38.7. The van der Waals surface area contributed by atoms with Crippen LogP contribution in [-0.2, 0) is 14.2 Å². The number of ether oxygens (including phenoxy) is 3. The SMILES string of the molecule is NCCCCCO.NCCN1CCOC1=O.NCCNCCN1CCOC1=O.NCCNCCNCCO.O=C1NCCN1CCN1CCOC1=O. The topological polar surface area (TPSA) is 302 Å². The first-order valence-corrected chi connectivity index (χ1v) is 18.2. The molecule has 21 nitrogen and oxygen atoms in total.